The molecule has 4 nitrogen and oxygen atoms in total. The van der Waals surface area contributed by atoms with Crippen molar-refractivity contribution in [2.45, 2.75) is 26.7 Å². The number of anilines is 1. The fraction of sp³-hybridized carbons (Fsp3) is 0.381. The lowest BCUT2D eigenvalue weighted by molar-refractivity contribution is -0.116. The van der Waals surface area contributed by atoms with Crippen molar-refractivity contribution in [1.82, 2.24) is 4.90 Å². The van der Waals surface area contributed by atoms with Gasteiger partial charge in [-0.25, -0.2) is 0 Å². The Hall–Kier alpha value is -2.33. The molecule has 0 aliphatic carbocycles. The Kier molecular flexibility index (Phi) is 7.02. The molecule has 2 rings (SSSR count). The summed E-state index contributed by atoms with van der Waals surface area (Å²) >= 11 is 0. The maximum Gasteiger partial charge on any atom is 0.227 e. The molecule has 0 saturated heterocycles. The summed E-state index contributed by atoms with van der Waals surface area (Å²) in [7, 11) is 4.13. The number of nitrogens with zero attached hydrogens (tertiary/aromatic N) is 1. The molecule has 25 heavy (non-hydrogen) atoms. The van der Waals surface area contributed by atoms with E-state index in [0.29, 0.717) is 13.0 Å². The third-order valence-corrected chi connectivity index (χ3v) is 4.00. The molecule has 0 aromatic heterocycles. The molecule has 0 heterocycles. The van der Waals surface area contributed by atoms with Crippen molar-refractivity contribution in [3.63, 3.8) is 0 Å². The fourth-order valence-corrected chi connectivity index (χ4v) is 2.55. The van der Waals surface area contributed by atoms with E-state index in [4.69, 9.17) is 4.74 Å². The zero-order chi connectivity index (χ0) is 18.2. The highest BCUT2D eigenvalue weighted by molar-refractivity contribution is 5.90. The van der Waals surface area contributed by atoms with Gasteiger partial charge in [-0.1, -0.05) is 29.8 Å². The van der Waals surface area contributed by atoms with E-state index in [1.54, 1.807) is 0 Å². The molecule has 0 saturated carbocycles. The minimum absolute atomic E-state index is 0.0363. The average molecular weight is 340 g/mol. The van der Waals surface area contributed by atoms with Crippen molar-refractivity contribution in [3.8, 4) is 5.75 Å². The topological polar surface area (TPSA) is 41.6 Å². The number of rotatable bonds is 8. The number of ether oxygens (including phenoxy) is 1. The second-order valence-electron chi connectivity index (χ2n) is 6.67. The first-order chi connectivity index (χ1) is 11.9. The van der Waals surface area contributed by atoms with Crippen LogP contribution in [0.3, 0.4) is 0 Å². The van der Waals surface area contributed by atoms with Gasteiger partial charge in [-0.2, -0.15) is 0 Å². The average Bonchev–Trinajstić information content (AvgIpc) is 2.56. The Bertz CT molecular complexity index is 694. The first-order valence-electron chi connectivity index (χ1n) is 8.67. The van der Waals surface area contributed by atoms with Crippen molar-refractivity contribution in [1.29, 1.82) is 0 Å². The van der Waals surface area contributed by atoms with Crippen LogP contribution in [0.5, 0.6) is 5.75 Å². The molecular weight excluding hydrogens is 312 g/mol. The predicted molar refractivity (Wildman–Crippen MR) is 103 cm³/mol. The summed E-state index contributed by atoms with van der Waals surface area (Å²) < 4.78 is 5.71. The molecule has 0 aliphatic rings. The van der Waals surface area contributed by atoms with E-state index in [-0.39, 0.29) is 5.91 Å². The van der Waals surface area contributed by atoms with Crippen LogP contribution in [0.25, 0.3) is 0 Å². The van der Waals surface area contributed by atoms with Crippen molar-refractivity contribution in [3.05, 3.63) is 59.2 Å². The van der Waals surface area contributed by atoms with Gasteiger partial charge in [0.25, 0.3) is 0 Å². The highest BCUT2D eigenvalue weighted by atomic mass is 16.5. The number of amides is 1. The lowest BCUT2D eigenvalue weighted by Gasteiger charge is -2.11. The first-order valence-corrected chi connectivity index (χ1v) is 8.67. The minimum atomic E-state index is -0.0363. The van der Waals surface area contributed by atoms with E-state index in [2.05, 4.69) is 49.4 Å². The Morgan fingerprint density at radius 2 is 1.80 bits per heavy atom. The van der Waals surface area contributed by atoms with Gasteiger partial charge in [0.05, 0.1) is 13.0 Å². The molecule has 0 aliphatic heterocycles. The Balaban J connectivity index is 1.76. The van der Waals surface area contributed by atoms with E-state index >= 15 is 0 Å². The van der Waals surface area contributed by atoms with Crippen molar-refractivity contribution >= 4 is 11.6 Å². The molecule has 0 unspecified atom stereocenters. The molecule has 1 N–H and O–H groups in total. The molecule has 2 aromatic carbocycles. The molecule has 0 fully saturated rings. The van der Waals surface area contributed by atoms with Crippen LogP contribution in [0.2, 0.25) is 0 Å². The Morgan fingerprint density at radius 1 is 1.08 bits per heavy atom. The Morgan fingerprint density at radius 3 is 2.44 bits per heavy atom. The first kappa shape index (κ1) is 19.0. The van der Waals surface area contributed by atoms with Crippen molar-refractivity contribution in [2.75, 3.05) is 32.6 Å². The van der Waals surface area contributed by atoms with Gasteiger partial charge in [-0.3, -0.25) is 4.79 Å². The highest BCUT2D eigenvalue weighted by Gasteiger charge is 2.05. The summed E-state index contributed by atoms with van der Waals surface area (Å²) in [6.45, 7) is 5.45. The summed E-state index contributed by atoms with van der Waals surface area (Å²) in [5, 5.41) is 2.91. The number of hydrogen-bond acceptors (Lipinski definition) is 3. The number of aryl methyl sites for hydroxylation is 2. The lowest BCUT2D eigenvalue weighted by atomic mass is 10.1. The predicted octanol–water partition coefficient (Wildman–Crippen LogP) is 3.82. The molecule has 2 aromatic rings. The van der Waals surface area contributed by atoms with E-state index in [0.717, 1.165) is 30.0 Å². The SMILES string of the molecule is Cc1ccc(OCCC(=O)Nc2ccc(CCN(C)C)cc2)c(C)c1. The van der Waals surface area contributed by atoms with Crippen LogP contribution in [0, 0.1) is 13.8 Å². The van der Waals surface area contributed by atoms with Gasteiger partial charge in [0.15, 0.2) is 0 Å². The van der Waals surface area contributed by atoms with E-state index < -0.39 is 0 Å². The fourth-order valence-electron chi connectivity index (χ4n) is 2.55. The zero-order valence-corrected chi connectivity index (χ0v) is 15.6. The van der Waals surface area contributed by atoms with Crippen LogP contribution in [0.15, 0.2) is 42.5 Å². The molecule has 0 atom stereocenters. The van der Waals surface area contributed by atoms with Gasteiger partial charge in [-0.05, 0) is 63.7 Å². The maximum absolute atomic E-state index is 12.0. The molecule has 0 spiro atoms. The minimum Gasteiger partial charge on any atom is -0.493 e. The monoisotopic (exact) mass is 340 g/mol. The molecule has 0 radical (unpaired) electrons. The molecular formula is C21H28N2O2. The van der Waals surface area contributed by atoms with Crippen LogP contribution in [0.1, 0.15) is 23.1 Å². The smallest absolute Gasteiger partial charge is 0.227 e. The number of likely N-dealkylation sites (N-methyl/N-ethyl adjacent to an activating group) is 1. The quantitative estimate of drug-likeness (QED) is 0.794. The van der Waals surface area contributed by atoms with Crippen LogP contribution in [0.4, 0.5) is 5.69 Å². The van der Waals surface area contributed by atoms with Crippen molar-refractivity contribution < 1.29 is 9.53 Å². The Labute approximate surface area is 150 Å². The second kappa shape index (κ2) is 9.23. The normalized spacial score (nSPS) is 10.8. The van der Waals surface area contributed by atoms with Gasteiger partial charge >= 0.3 is 0 Å². The third-order valence-electron chi connectivity index (χ3n) is 4.00. The van der Waals surface area contributed by atoms with Crippen LogP contribution >= 0.6 is 0 Å². The lowest BCUT2D eigenvalue weighted by Crippen LogP contribution is -2.16. The summed E-state index contributed by atoms with van der Waals surface area (Å²) in [5.74, 6) is 0.800. The van der Waals surface area contributed by atoms with E-state index in [1.165, 1.54) is 11.1 Å². The molecule has 1 amide bonds. The van der Waals surface area contributed by atoms with Crippen LogP contribution in [-0.4, -0.2) is 38.1 Å². The van der Waals surface area contributed by atoms with Gasteiger partial charge in [0, 0.05) is 12.2 Å². The second-order valence-corrected chi connectivity index (χ2v) is 6.67. The van der Waals surface area contributed by atoms with E-state index in [9.17, 15) is 4.79 Å². The van der Waals surface area contributed by atoms with Gasteiger partial charge in [0.1, 0.15) is 5.75 Å². The number of benzene rings is 2. The number of hydrogen-bond donors (Lipinski definition) is 1. The zero-order valence-electron chi connectivity index (χ0n) is 15.6. The summed E-state index contributed by atoms with van der Waals surface area (Å²) in [5.41, 5.74) is 4.39. The summed E-state index contributed by atoms with van der Waals surface area (Å²) in [6.07, 6.45) is 1.33. The number of carbonyl (C=O) groups excluding carboxylic acids is 1. The highest BCUT2D eigenvalue weighted by Crippen LogP contribution is 2.19. The summed E-state index contributed by atoms with van der Waals surface area (Å²) in [6, 6.07) is 14.1. The van der Waals surface area contributed by atoms with Crippen LogP contribution < -0.4 is 10.1 Å². The van der Waals surface area contributed by atoms with Crippen LogP contribution in [-0.2, 0) is 11.2 Å². The number of carbonyl (C=O) groups is 1. The van der Waals surface area contributed by atoms with E-state index in [1.807, 2.05) is 31.2 Å². The van der Waals surface area contributed by atoms with Gasteiger partial charge in [-0.15, -0.1) is 0 Å². The molecule has 4 heteroatoms. The van der Waals surface area contributed by atoms with Gasteiger partial charge in [0.2, 0.25) is 5.91 Å². The molecule has 134 valence electrons. The molecule has 0 bridgehead atoms. The largest absolute Gasteiger partial charge is 0.493 e. The standard InChI is InChI=1S/C21H28N2O2/c1-16-5-10-20(17(2)15-16)25-14-12-21(24)22-19-8-6-18(7-9-19)11-13-23(3)4/h5-10,15H,11-14H2,1-4H3,(H,22,24). The maximum atomic E-state index is 12.0. The van der Waals surface area contributed by atoms with Gasteiger partial charge < -0.3 is 15.0 Å². The third kappa shape index (κ3) is 6.59. The van der Waals surface area contributed by atoms with Crippen molar-refractivity contribution in [2.24, 2.45) is 0 Å². The summed E-state index contributed by atoms with van der Waals surface area (Å²) in [4.78, 5) is 14.2. The number of nitrogens with one attached hydrogen (secondary N) is 1.